The molecular weight excluding hydrogens is 265 g/mol. The third-order valence-electron chi connectivity index (χ3n) is 2.67. The predicted molar refractivity (Wildman–Crippen MR) is 76.2 cm³/mol. The number of hydrogen-bond donors (Lipinski definition) is 3. The van der Waals surface area contributed by atoms with Gasteiger partial charge in [0.15, 0.2) is 0 Å². The Bertz CT molecular complexity index is 643. The van der Waals surface area contributed by atoms with E-state index < -0.39 is 0 Å². The highest BCUT2D eigenvalue weighted by Gasteiger charge is 2.10. The predicted octanol–water partition coefficient (Wildman–Crippen LogP) is 3.33. The van der Waals surface area contributed by atoms with Gasteiger partial charge in [0.1, 0.15) is 22.3 Å². The van der Waals surface area contributed by atoms with Crippen molar-refractivity contribution in [2.24, 2.45) is 0 Å². The van der Waals surface area contributed by atoms with Gasteiger partial charge in [-0.1, -0.05) is 18.3 Å². The Kier molecular flexibility index (Phi) is 3.66. The molecule has 0 radical (unpaired) electrons. The Morgan fingerprint density at radius 1 is 1.16 bits per heavy atom. The Labute approximate surface area is 115 Å². The average molecular weight is 277 g/mol. The smallest absolute Gasteiger partial charge is 0.129 e. The molecule has 0 unspecified atom stereocenters. The summed E-state index contributed by atoms with van der Waals surface area (Å²) in [6, 6.07) is 8.44. The summed E-state index contributed by atoms with van der Waals surface area (Å²) in [5, 5.41) is 21.8. The first-order chi connectivity index (χ1) is 8.97. The van der Waals surface area contributed by atoms with Crippen molar-refractivity contribution in [3.63, 3.8) is 0 Å². The van der Waals surface area contributed by atoms with Crippen LogP contribution in [0, 0.1) is 12.7 Å². The number of nitrogens with one attached hydrogen (secondary N) is 1. The first-order valence-electron chi connectivity index (χ1n) is 5.57. The molecule has 2 aromatic carbocycles. The molecule has 0 heterocycles. The molecule has 0 bridgehead atoms. The number of benzene rings is 2. The van der Waals surface area contributed by atoms with E-state index in [9.17, 15) is 14.6 Å². The third-order valence-corrected chi connectivity index (χ3v) is 3.00. The number of phenolic OH excluding ortho intramolecular Hbond substituents is 2. The monoisotopic (exact) mass is 277 g/mol. The van der Waals surface area contributed by atoms with Crippen LogP contribution < -0.4 is 5.32 Å². The lowest BCUT2D eigenvalue weighted by molar-refractivity contribution is 0.450. The van der Waals surface area contributed by atoms with Gasteiger partial charge in [0.05, 0.1) is 5.56 Å². The van der Waals surface area contributed by atoms with Gasteiger partial charge in [-0.05, 0) is 36.8 Å². The minimum atomic E-state index is -0.370. The van der Waals surface area contributed by atoms with E-state index in [2.05, 4.69) is 5.32 Å². The number of aryl methyl sites for hydroxylation is 1. The quantitative estimate of drug-likeness (QED) is 0.737. The molecule has 0 aliphatic carbocycles. The van der Waals surface area contributed by atoms with Gasteiger partial charge in [0, 0.05) is 11.8 Å². The van der Waals surface area contributed by atoms with Crippen LogP contribution in [0.15, 0.2) is 36.4 Å². The third kappa shape index (κ3) is 3.00. The lowest BCUT2D eigenvalue weighted by atomic mass is 10.1. The van der Waals surface area contributed by atoms with Crippen LogP contribution in [0.2, 0.25) is 0 Å². The first kappa shape index (κ1) is 13.3. The molecule has 0 amide bonds. The van der Waals surface area contributed by atoms with E-state index >= 15 is 0 Å². The van der Waals surface area contributed by atoms with Gasteiger partial charge < -0.3 is 15.5 Å². The molecule has 0 spiro atoms. The Balaban J connectivity index is 2.28. The van der Waals surface area contributed by atoms with Crippen LogP contribution in [0.3, 0.4) is 0 Å². The second kappa shape index (κ2) is 5.24. The standard InChI is InChI=1S/C14H12FNO2S/c1-8-2-3-9(15)6-12(8)16-14(19)11-5-4-10(17)7-13(11)18/h2-7,17-18H,1H3,(H,16,19). The number of halogens is 1. The SMILES string of the molecule is Cc1ccc(F)cc1NC(=S)c1ccc(O)cc1O. The fourth-order valence-electron chi connectivity index (χ4n) is 1.63. The largest absolute Gasteiger partial charge is 0.508 e. The van der Waals surface area contributed by atoms with Crippen LogP contribution >= 0.6 is 12.2 Å². The molecule has 3 N–H and O–H groups in total. The van der Waals surface area contributed by atoms with Gasteiger partial charge >= 0.3 is 0 Å². The number of hydrogen-bond acceptors (Lipinski definition) is 3. The van der Waals surface area contributed by atoms with E-state index in [4.69, 9.17) is 12.2 Å². The number of aromatic hydroxyl groups is 2. The van der Waals surface area contributed by atoms with Crippen molar-refractivity contribution in [3.05, 3.63) is 53.3 Å². The lowest BCUT2D eigenvalue weighted by Crippen LogP contribution is -2.11. The van der Waals surface area contributed by atoms with E-state index in [1.165, 1.54) is 30.3 Å². The fourth-order valence-corrected chi connectivity index (χ4v) is 1.91. The maximum absolute atomic E-state index is 13.2. The van der Waals surface area contributed by atoms with E-state index in [-0.39, 0.29) is 22.3 Å². The van der Waals surface area contributed by atoms with Gasteiger partial charge in [0.2, 0.25) is 0 Å². The number of phenols is 2. The highest BCUT2D eigenvalue weighted by Crippen LogP contribution is 2.25. The number of thiocarbonyl (C=S) groups is 1. The summed E-state index contributed by atoms with van der Waals surface area (Å²) in [6.07, 6.45) is 0. The molecule has 0 saturated heterocycles. The Morgan fingerprint density at radius 2 is 1.89 bits per heavy atom. The molecule has 0 saturated carbocycles. The molecule has 2 rings (SSSR count). The fraction of sp³-hybridized carbons (Fsp3) is 0.0714. The zero-order valence-electron chi connectivity index (χ0n) is 10.1. The number of anilines is 1. The molecule has 0 aliphatic heterocycles. The van der Waals surface area contributed by atoms with Crippen molar-refractivity contribution in [1.82, 2.24) is 0 Å². The minimum absolute atomic E-state index is 0.0500. The van der Waals surface area contributed by atoms with Crippen LogP contribution in [0.25, 0.3) is 0 Å². The Morgan fingerprint density at radius 3 is 2.58 bits per heavy atom. The van der Waals surface area contributed by atoms with Crippen molar-refractivity contribution < 1.29 is 14.6 Å². The van der Waals surface area contributed by atoms with Crippen LogP contribution in [-0.2, 0) is 0 Å². The van der Waals surface area contributed by atoms with Crippen molar-refractivity contribution >= 4 is 22.9 Å². The molecular formula is C14H12FNO2S. The minimum Gasteiger partial charge on any atom is -0.508 e. The molecule has 3 nitrogen and oxygen atoms in total. The topological polar surface area (TPSA) is 52.5 Å². The zero-order chi connectivity index (χ0) is 14.0. The van der Waals surface area contributed by atoms with Crippen LogP contribution in [-0.4, -0.2) is 15.2 Å². The van der Waals surface area contributed by atoms with E-state index in [0.29, 0.717) is 11.3 Å². The molecule has 0 aliphatic rings. The normalized spacial score (nSPS) is 10.2. The summed E-state index contributed by atoms with van der Waals surface area (Å²) < 4.78 is 13.2. The maximum atomic E-state index is 13.2. The average Bonchev–Trinajstić information content (AvgIpc) is 2.33. The molecule has 0 fully saturated rings. The van der Waals surface area contributed by atoms with Crippen molar-refractivity contribution in [3.8, 4) is 11.5 Å². The highest BCUT2D eigenvalue weighted by molar-refractivity contribution is 7.81. The van der Waals surface area contributed by atoms with Crippen LogP contribution in [0.4, 0.5) is 10.1 Å². The summed E-state index contributed by atoms with van der Waals surface area (Å²) in [6.45, 7) is 1.82. The summed E-state index contributed by atoms with van der Waals surface area (Å²) >= 11 is 5.16. The van der Waals surface area contributed by atoms with Gasteiger partial charge in [-0.15, -0.1) is 0 Å². The van der Waals surface area contributed by atoms with Crippen molar-refractivity contribution in [2.75, 3.05) is 5.32 Å². The second-order valence-electron chi connectivity index (χ2n) is 4.11. The van der Waals surface area contributed by atoms with Crippen molar-refractivity contribution in [2.45, 2.75) is 6.92 Å². The zero-order valence-corrected chi connectivity index (χ0v) is 11.0. The van der Waals surface area contributed by atoms with Crippen molar-refractivity contribution in [1.29, 1.82) is 0 Å². The maximum Gasteiger partial charge on any atom is 0.129 e. The van der Waals surface area contributed by atoms with Gasteiger partial charge in [0.25, 0.3) is 0 Å². The van der Waals surface area contributed by atoms with Crippen LogP contribution in [0.1, 0.15) is 11.1 Å². The lowest BCUT2D eigenvalue weighted by Gasteiger charge is -2.12. The summed E-state index contributed by atoms with van der Waals surface area (Å²) in [5.41, 5.74) is 1.75. The van der Waals surface area contributed by atoms with Gasteiger partial charge in [-0.2, -0.15) is 0 Å². The Hall–Kier alpha value is -2.14. The molecule has 5 heteroatoms. The molecule has 0 atom stereocenters. The molecule has 19 heavy (non-hydrogen) atoms. The second-order valence-corrected chi connectivity index (χ2v) is 4.52. The molecule has 98 valence electrons. The van der Waals surface area contributed by atoms with E-state index in [1.807, 2.05) is 6.92 Å². The summed E-state index contributed by atoms with van der Waals surface area (Å²) in [5.74, 6) is -0.552. The van der Waals surface area contributed by atoms with Gasteiger partial charge in [-0.25, -0.2) is 4.39 Å². The highest BCUT2D eigenvalue weighted by atomic mass is 32.1. The number of rotatable bonds is 2. The first-order valence-corrected chi connectivity index (χ1v) is 5.97. The summed E-state index contributed by atoms with van der Waals surface area (Å²) in [7, 11) is 0. The molecule has 2 aromatic rings. The van der Waals surface area contributed by atoms with E-state index in [1.54, 1.807) is 6.07 Å². The summed E-state index contributed by atoms with van der Waals surface area (Å²) in [4.78, 5) is 0.256. The van der Waals surface area contributed by atoms with Crippen LogP contribution in [0.5, 0.6) is 11.5 Å². The van der Waals surface area contributed by atoms with E-state index in [0.717, 1.165) is 5.56 Å². The van der Waals surface area contributed by atoms with Gasteiger partial charge in [-0.3, -0.25) is 0 Å². The molecule has 0 aromatic heterocycles.